The van der Waals surface area contributed by atoms with Gasteiger partial charge in [-0.15, -0.1) is 0 Å². The number of carbonyl (C=O) groups is 3. The summed E-state index contributed by atoms with van der Waals surface area (Å²) in [6.07, 6.45) is 13.2. The van der Waals surface area contributed by atoms with Gasteiger partial charge in [0.15, 0.2) is 0 Å². The Morgan fingerprint density at radius 2 is 1.17 bits per heavy atom. The van der Waals surface area contributed by atoms with Crippen LogP contribution < -0.4 is 0 Å². The fourth-order valence-electron chi connectivity index (χ4n) is 13.9. The van der Waals surface area contributed by atoms with Crippen molar-refractivity contribution in [1.29, 1.82) is 0 Å². The zero-order chi connectivity index (χ0) is 37.6. The topological polar surface area (TPSA) is 129 Å². The summed E-state index contributed by atoms with van der Waals surface area (Å²) in [5.74, 6) is 0.985. The standard InChI is InChI=1S/C43H68O9.6CH4/c1-8-37(5,34(45)51-39(7,9-2)40-17-28-14-29(18-40)16-30(15-28)19-40)24-38(6,23-36(3,4)33(44)50-32-12-10-11-13-49-32)35(46)52-43-22-31-20-41(47,26-43)25-42(48,21-31)27-43;;;;;;/h28-32,47-48H,8-27H2,1-7H3;6*1H4. The Labute approximate surface area is 356 Å². The Morgan fingerprint density at radius 1 is 0.638 bits per heavy atom. The summed E-state index contributed by atoms with van der Waals surface area (Å²) >= 11 is 0. The zero-order valence-corrected chi connectivity index (χ0v) is 33.3. The highest BCUT2D eigenvalue weighted by Gasteiger charge is 2.66. The molecule has 58 heavy (non-hydrogen) atoms. The SMILES string of the molecule is C.C.C.C.C.C.CCC(C)(CC(C)(CC(C)(C)C(=O)OC1CCCCO1)C(=O)OC12CC3CC(O)(CC(O)(C3)C1)C2)C(=O)OC(C)(CC)C12CC3CC(CC(C3)C1)C2. The first-order valence-corrected chi connectivity index (χ1v) is 20.9. The second-order valence-electron chi connectivity index (χ2n) is 21.1. The van der Waals surface area contributed by atoms with Crippen LogP contribution >= 0.6 is 0 Å². The number of hydrogen-bond acceptors (Lipinski definition) is 9. The monoisotopic (exact) mass is 825 g/mol. The zero-order valence-electron chi connectivity index (χ0n) is 33.3. The smallest absolute Gasteiger partial charge is 0.313 e. The minimum Gasteiger partial charge on any atom is -0.458 e. The molecule has 0 radical (unpaired) electrons. The average Bonchev–Trinajstić information content (AvgIpc) is 3.02. The minimum atomic E-state index is -1.29. The minimum absolute atomic E-state index is 0. The van der Waals surface area contributed by atoms with Gasteiger partial charge in [-0.25, -0.2) is 0 Å². The maximum atomic E-state index is 14.9. The van der Waals surface area contributed by atoms with Crippen molar-refractivity contribution in [3.05, 3.63) is 0 Å². The van der Waals surface area contributed by atoms with Crippen LogP contribution in [0.3, 0.4) is 0 Å². The van der Waals surface area contributed by atoms with Crippen LogP contribution in [0.15, 0.2) is 0 Å². The number of esters is 3. The normalized spacial score (nSPS) is 38.1. The van der Waals surface area contributed by atoms with Gasteiger partial charge < -0.3 is 29.2 Å². The summed E-state index contributed by atoms with van der Waals surface area (Å²) in [5.41, 5.74) is -7.22. The third-order valence-electron chi connectivity index (χ3n) is 15.7. The van der Waals surface area contributed by atoms with Crippen LogP contribution in [0.4, 0.5) is 0 Å². The summed E-state index contributed by atoms with van der Waals surface area (Å²) < 4.78 is 25.0. The molecule has 0 spiro atoms. The Bertz CT molecular complexity index is 1360. The van der Waals surface area contributed by atoms with Gasteiger partial charge in [0, 0.05) is 31.1 Å². The summed E-state index contributed by atoms with van der Waals surface area (Å²) in [7, 11) is 0. The molecule has 9 fully saturated rings. The van der Waals surface area contributed by atoms with Crippen molar-refractivity contribution in [2.75, 3.05) is 6.61 Å². The lowest BCUT2D eigenvalue weighted by atomic mass is 9.45. The molecule has 1 aliphatic heterocycles. The number of hydrogen-bond donors (Lipinski definition) is 2. The largest absolute Gasteiger partial charge is 0.458 e. The molecule has 0 amide bonds. The molecule has 6 atom stereocenters. The number of aliphatic hydroxyl groups is 2. The van der Waals surface area contributed by atoms with Crippen LogP contribution in [0.1, 0.15) is 215 Å². The van der Waals surface area contributed by atoms with E-state index in [2.05, 4.69) is 13.8 Å². The Morgan fingerprint density at radius 3 is 1.62 bits per heavy atom. The number of ether oxygens (including phenoxy) is 4. The molecular weight excluding hydrogens is 733 g/mol. The quantitative estimate of drug-likeness (QED) is 0.138. The molecule has 0 aromatic carbocycles. The maximum absolute atomic E-state index is 14.9. The van der Waals surface area contributed by atoms with Crippen molar-refractivity contribution in [1.82, 2.24) is 0 Å². The Hall–Kier alpha value is -1.71. The van der Waals surface area contributed by atoms with Crippen LogP contribution in [0.2, 0.25) is 0 Å². The summed E-state index contributed by atoms with van der Waals surface area (Å²) in [4.78, 5) is 43.5. The highest BCUT2D eigenvalue weighted by Crippen LogP contribution is 2.66. The molecular formula is C49H92O9. The number of carbonyl (C=O) groups excluding carboxylic acids is 3. The summed E-state index contributed by atoms with van der Waals surface area (Å²) in [5, 5.41) is 23.0. The Balaban J connectivity index is 0.00000280. The first kappa shape index (κ1) is 54.3. The molecule has 2 N–H and O–H groups in total. The second-order valence-corrected chi connectivity index (χ2v) is 21.1. The van der Waals surface area contributed by atoms with Crippen LogP contribution in [0, 0.1) is 45.3 Å². The molecule has 8 bridgehead atoms. The fourth-order valence-corrected chi connectivity index (χ4v) is 13.9. The first-order chi connectivity index (χ1) is 24.2. The Kier molecular flexibility index (Phi) is 17.2. The third kappa shape index (κ3) is 9.82. The number of rotatable bonds is 13. The molecule has 1 saturated heterocycles. The van der Waals surface area contributed by atoms with Crippen LogP contribution in [0.25, 0.3) is 0 Å². The molecule has 9 aliphatic rings. The molecule has 9 rings (SSSR count). The van der Waals surface area contributed by atoms with Gasteiger partial charge >= 0.3 is 17.9 Å². The van der Waals surface area contributed by atoms with Crippen molar-refractivity contribution in [3.8, 4) is 0 Å². The predicted octanol–water partition coefficient (Wildman–Crippen LogP) is 11.8. The average molecular weight is 825 g/mol. The molecule has 9 nitrogen and oxygen atoms in total. The van der Waals surface area contributed by atoms with E-state index in [-0.39, 0.29) is 87.5 Å². The molecule has 1 heterocycles. The molecule has 342 valence electrons. The van der Waals surface area contributed by atoms with Gasteiger partial charge in [-0.05, 0) is 155 Å². The lowest BCUT2D eigenvalue weighted by molar-refractivity contribution is -0.265. The van der Waals surface area contributed by atoms with Crippen molar-refractivity contribution in [2.45, 2.75) is 244 Å². The van der Waals surface area contributed by atoms with Gasteiger partial charge in [0.25, 0.3) is 0 Å². The van der Waals surface area contributed by atoms with E-state index in [4.69, 9.17) is 18.9 Å². The highest BCUT2D eigenvalue weighted by atomic mass is 16.7. The molecule has 8 saturated carbocycles. The van der Waals surface area contributed by atoms with Gasteiger partial charge in [0.1, 0.15) is 11.2 Å². The van der Waals surface area contributed by atoms with E-state index in [1.54, 1.807) is 13.8 Å². The molecule has 6 unspecified atom stereocenters. The van der Waals surface area contributed by atoms with Crippen LogP contribution in [-0.4, -0.2) is 63.4 Å². The lowest BCUT2D eigenvalue weighted by Crippen LogP contribution is -2.67. The second kappa shape index (κ2) is 18.3. The maximum Gasteiger partial charge on any atom is 0.313 e. The first-order valence-electron chi connectivity index (χ1n) is 20.9. The predicted molar refractivity (Wildman–Crippen MR) is 235 cm³/mol. The van der Waals surface area contributed by atoms with E-state index in [1.165, 1.54) is 19.3 Å². The summed E-state index contributed by atoms with van der Waals surface area (Å²) in [6, 6.07) is 0. The van der Waals surface area contributed by atoms with Gasteiger partial charge in [-0.2, -0.15) is 0 Å². The molecule has 9 heteroatoms. The lowest BCUT2D eigenvalue weighted by Gasteiger charge is -2.62. The van der Waals surface area contributed by atoms with E-state index in [1.807, 2.05) is 20.8 Å². The van der Waals surface area contributed by atoms with E-state index >= 15 is 0 Å². The van der Waals surface area contributed by atoms with Crippen LogP contribution in [0.5, 0.6) is 0 Å². The summed E-state index contributed by atoms with van der Waals surface area (Å²) in [6.45, 7) is 14.2. The molecule has 0 aromatic heterocycles. The fraction of sp³-hybridized carbons (Fsp3) is 0.939. The van der Waals surface area contributed by atoms with Crippen molar-refractivity contribution >= 4 is 17.9 Å². The third-order valence-corrected chi connectivity index (χ3v) is 15.7. The van der Waals surface area contributed by atoms with Crippen molar-refractivity contribution in [3.63, 3.8) is 0 Å². The van der Waals surface area contributed by atoms with Gasteiger partial charge in [-0.1, -0.05) is 58.4 Å². The van der Waals surface area contributed by atoms with Gasteiger partial charge in [-0.3, -0.25) is 14.4 Å². The van der Waals surface area contributed by atoms with Crippen molar-refractivity contribution < 1.29 is 43.5 Å². The van der Waals surface area contributed by atoms with Crippen molar-refractivity contribution in [2.24, 2.45) is 45.3 Å². The van der Waals surface area contributed by atoms with E-state index < -0.39 is 56.9 Å². The molecule has 8 aliphatic carbocycles. The van der Waals surface area contributed by atoms with E-state index in [0.717, 1.165) is 38.5 Å². The van der Waals surface area contributed by atoms with E-state index in [0.29, 0.717) is 62.9 Å². The van der Waals surface area contributed by atoms with Gasteiger partial charge in [0.05, 0.1) is 34.1 Å². The van der Waals surface area contributed by atoms with Gasteiger partial charge in [0.2, 0.25) is 6.29 Å². The molecule has 0 aromatic rings. The van der Waals surface area contributed by atoms with Crippen LogP contribution in [-0.2, 0) is 33.3 Å². The van der Waals surface area contributed by atoms with E-state index in [9.17, 15) is 24.6 Å². The highest BCUT2D eigenvalue weighted by molar-refractivity contribution is 5.83.